The number of rotatable bonds is 6. The number of halogens is 4. The summed E-state index contributed by atoms with van der Waals surface area (Å²) in [6.07, 6.45) is -5.23. The lowest BCUT2D eigenvalue weighted by atomic mass is 10.2. The number of nitrogens with zero attached hydrogens (tertiary/aromatic N) is 2. The Hall–Kier alpha value is -1.60. The molecule has 0 saturated carbocycles. The van der Waals surface area contributed by atoms with Crippen molar-refractivity contribution < 1.29 is 23.1 Å². The number of carbonyl (C=O) groups excluding carboxylic acids is 1. The Morgan fingerprint density at radius 2 is 2.00 bits per heavy atom. The fourth-order valence-corrected chi connectivity index (χ4v) is 3.38. The molecule has 1 aromatic carbocycles. The van der Waals surface area contributed by atoms with E-state index in [1.807, 2.05) is 30.3 Å². The number of amides is 1. The molecule has 0 saturated heterocycles. The van der Waals surface area contributed by atoms with Crippen LogP contribution in [-0.2, 0) is 4.79 Å². The van der Waals surface area contributed by atoms with E-state index in [1.165, 1.54) is 18.4 Å². The standard InChI is InChI=1S/C17H21F3N4O2S.HI/c1-21-16(23-9-15(26)24(2)10-17(18,19)20)22-8-12(25)14-7-11-5-3-4-6-13(11)27-14;/h3-7,12,25H,8-10H2,1-2H3,(H2,21,22,23);1H. The summed E-state index contributed by atoms with van der Waals surface area (Å²) in [5.74, 6) is -0.510. The van der Waals surface area contributed by atoms with E-state index in [0.717, 1.165) is 22.0 Å². The van der Waals surface area contributed by atoms with Crippen LogP contribution in [0.3, 0.4) is 0 Å². The van der Waals surface area contributed by atoms with E-state index < -0.39 is 24.7 Å². The van der Waals surface area contributed by atoms with Crippen LogP contribution in [0.2, 0.25) is 0 Å². The first-order chi connectivity index (χ1) is 12.7. The van der Waals surface area contributed by atoms with Crippen molar-refractivity contribution in [1.29, 1.82) is 0 Å². The van der Waals surface area contributed by atoms with Gasteiger partial charge in [-0.2, -0.15) is 13.2 Å². The van der Waals surface area contributed by atoms with Gasteiger partial charge >= 0.3 is 6.18 Å². The van der Waals surface area contributed by atoms with Gasteiger partial charge in [0.2, 0.25) is 5.91 Å². The van der Waals surface area contributed by atoms with Crippen LogP contribution in [0.5, 0.6) is 0 Å². The fraction of sp³-hybridized carbons (Fsp3) is 0.412. The Balaban J connectivity index is 0.00000392. The summed E-state index contributed by atoms with van der Waals surface area (Å²) in [7, 11) is 2.55. The molecule has 1 heterocycles. The van der Waals surface area contributed by atoms with Crippen LogP contribution in [0.15, 0.2) is 35.3 Å². The van der Waals surface area contributed by atoms with Gasteiger partial charge in [0.1, 0.15) is 12.6 Å². The third-order valence-corrected chi connectivity index (χ3v) is 4.93. The number of thiophene rings is 1. The van der Waals surface area contributed by atoms with E-state index in [2.05, 4.69) is 15.6 Å². The van der Waals surface area contributed by atoms with Gasteiger partial charge in [0.25, 0.3) is 0 Å². The quantitative estimate of drug-likeness (QED) is 0.305. The molecule has 2 aromatic rings. The Labute approximate surface area is 181 Å². The summed E-state index contributed by atoms with van der Waals surface area (Å²) < 4.78 is 38.0. The number of nitrogens with one attached hydrogen (secondary N) is 2. The third kappa shape index (κ3) is 7.43. The van der Waals surface area contributed by atoms with Crippen LogP contribution in [0.25, 0.3) is 10.1 Å². The molecule has 1 unspecified atom stereocenters. The maximum Gasteiger partial charge on any atom is 0.406 e. The van der Waals surface area contributed by atoms with E-state index >= 15 is 0 Å². The van der Waals surface area contributed by atoms with E-state index in [0.29, 0.717) is 4.90 Å². The number of alkyl halides is 3. The Bertz CT molecular complexity index is 780. The first-order valence-corrected chi connectivity index (χ1v) is 8.93. The summed E-state index contributed by atoms with van der Waals surface area (Å²) in [5, 5.41) is 16.9. The molecule has 0 bridgehead atoms. The van der Waals surface area contributed by atoms with Gasteiger partial charge < -0.3 is 20.6 Å². The van der Waals surface area contributed by atoms with Crippen molar-refractivity contribution in [2.24, 2.45) is 4.99 Å². The van der Waals surface area contributed by atoms with E-state index in [4.69, 9.17) is 0 Å². The number of aliphatic hydroxyl groups is 1. The number of carbonyl (C=O) groups is 1. The molecule has 0 aliphatic rings. The minimum absolute atomic E-state index is 0. The van der Waals surface area contributed by atoms with Crippen LogP contribution in [0.1, 0.15) is 11.0 Å². The number of hydrogen-bond donors (Lipinski definition) is 3. The molecule has 3 N–H and O–H groups in total. The number of aliphatic hydroxyl groups excluding tert-OH is 1. The van der Waals surface area contributed by atoms with Crippen LogP contribution in [-0.4, -0.2) is 61.8 Å². The Morgan fingerprint density at radius 3 is 2.61 bits per heavy atom. The molecule has 28 heavy (non-hydrogen) atoms. The predicted molar refractivity (Wildman–Crippen MR) is 115 cm³/mol. The molecule has 0 aliphatic heterocycles. The average Bonchev–Trinajstić information content (AvgIpc) is 3.04. The van der Waals surface area contributed by atoms with Gasteiger partial charge in [0.05, 0.1) is 6.54 Å². The lowest BCUT2D eigenvalue weighted by Gasteiger charge is -2.20. The molecule has 0 radical (unpaired) electrons. The maximum atomic E-state index is 12.3. The van der Waals surface area contributed by atoms with Crippen molar-refractivity contribution in [3.05, 3.63) is 35.2 Å². The van der Waals surface area contributed by atoms with Gasteiger partial charge in [-0.1, -0.05) is 18.2 Å². The molecular formula is C17H22F3IN4O2S. The first-order valence-electron chi connectivity index (χ1n) is 8.11. The predicted octanol–water partition coefficient (Wildman–Crippen LogP) is 2.74. The third-order valence-electron chi connectivity index (χ3n) is 3.71. The smallest absolute Gasteiger partial charge is 0.386 e. The molecule has 1 aromatic heterocycles. The van der Waals surface area contributed by atoms with Crippen molar-refractivity contribution >= 4 is 57.3 Å². The zero-order chi connectivity index (χ0) is 20.0. The van der Waals surface area contributed by atoms with Gasteiger partial charge in [0, 0.05) is 30.2 Å². The largest absolute Gasteiger partial charge is 0.406 e. The molecule has 0 spiro atoms. The van der Waals surface area contributed by atoms with E-state index in [1.54, 1.807) is 0 Å². The zero-order valence-corrected chi connectivity index (χ0v) is 18.4. The fourth-order valence-electron chi connectivity index (χ4n) is 2.33. The minimum atomic E-state index is -4.45. The van der Waals surface area contributed by atoms with Crippen LogP contribution < -0.4 is 10.6 Å². The van der Waals surface area contributed by atoms with Gasteiger partial charge in [-0.15, -0.1) is 35.3 Å². The molecule has 156 valence electrons. The second-order valence-corrected chi connectivity index (χ2v) is 6.99. The molecule has 0 fully saturated rings. The van der Waals surface area contributed by atoms with Crippen molar-refractivity contribution in [2.75, 3.05) is 33.7 Å². The highest BCUT2D eigenvalue weighted by Crippen LogP contribution is 2.29. The van der Waals surface area contributed by atoms with Gasteiger partial charge in [-0.3, -0.25) is 9.79 Å². The molecule has 1 atom stereocenters. The number of guanidine groups is 1. The lowest BCUT2D eigenvalue weighted by molar-refractivity contribution is -0.157. The average molecular weight is 530 g/mol. The Kier molecular flexibility index (Phi) is 9.44. The molecule has 11 heteroatoms. The summed E-state index contributed by atoms with van der Waals surface area (Å²) in [6.45, 7) is -1.52. The molecule has 0 aliphatic carbocycles. The summed E-state index contributed by atoms with van der Waals surface area (Å²) in [4.78, 5) is 17.0. The number of likely N-dealkylation sites (N-methyl/N-ethyl adjacent to an activating group) is 1. The van der Waals surface area contributed by atoms with Crippen molar-refractivity contribution in [3.63, 3.8) is 0 Å². The van der Waals surface area contributed by atoms with Crippen LogP contribution >= 0.6 is 35.3 Å². The van der Waals surface area contributed by atoms with Crippen molar-refractivity contribution in [2.45, 2.75) is 12.3 Å². The highest BCUT2D eigenvalue weighted by molar-refractivity contribution is 14.0. The number of fused-ring (bicyclic) bond motifs is 1. The molecule has 2 rings (SSSR count). The number of aliphatic imine (C=N–C) groups is 1. The van der Waals surface area contributed by atoms with Crippen LogP contribution in [0.4, 0.5) is 13.2 Å². The van der Waals surface area contributed by atoms with Crippen molar-refractivity contribution in [3.8, 4) is 0 Å². The van der Waals surface area contributed by atoms with Crippen LogP contribution in [0, 0.1) is 0 Å². The molecular weight excluding hydrogens is 508 g/mol. The Morgan fingerprint density at radius 1 is 1.32 bits per heavy atom. The summed E-state index contributed by atoms with van der Waals surface area (Å²) in [5.41, 5.74) is 0. The van der Waals surface area contributed by atoms with Gasteiger partial charge in [0.15, 0.2) is 5.96 Å². The monoisotopic (exact) mass is 530 g/mol. The zero-order valence-electron chi connectivity index (χ0n) is 15.3. The normalized spacial score (nSPS) is 13.0. The molecule has 1 amide bonds. The highest BCUT2D eigenvalue weighted by atomic mass is 127. The second-order valence-electron chi connectivity index (χ2n) is 5.87. The van der Waals surface area contributed by atoms with Gasteiger partial charge in [-0.05, 0) is 17.5 Å². The topological polar surface area (TPSA) is 77.0 Å². The number of benzene rings is 1. The summed E-state index contributed by atoms with van der Waals surface area (Å²) >= 11 is 1.47. The van der Waals surface area contributed by atoms with E-state index in [-0.39, 0.29) is 43.0 Å². The number of hydrogen-bond acceptors (Lipinski definition) is 4. The lowest BCUT2D eigenvalue weighted by Crippen LogP contribution is -2.46. The second kappa shape index (κ2) is 10.8. The minimum Gasteiger partial charge on any atom is -0.386 e. The first kappa shape index (κ1) is 24.4. The van der Waals surface area contributed by atoms with E-state index in [9.17, 15) is 23.1 Å². The molecule has 6 nitrogen and oxygen atoms in total. The van der Waals surface area contributed by atoms with Gasteiger partial charge in [-0.25, -0.2) is 0 Å². The highest BCUT2D eigenvalue weighted by Gasteiger charge is 2.31. The maximum absolute atomic E-state index is 12.3. The van der Waals surface area contributed by atoms with Crippen molar-refractivity contribution in [1.82, 2.24) is 15.5 Å². The summed E-state index contributed by atoms with van der Waals surface area (Å²) in [6, 6.07) is 9.66. The SMILES string of the molecule is CN=C(NCC(=O)N(C)CC(F)(F)F)NCC(O)c1cc2ccccc2s1.I.